The van der Waals surface area contributed by atoms with Crippen LogP contribution in [0.15, 0.2) is 18.2 Å². The van der Waals surface area contributed by atoms with Gasteiger partial charge in [0.1, 0.15) is 0 Å². The van der Waals surface area contributed by atoms with Crippen LogP contribution >= 0.6 is 0 Å². The van der Waals surface area contributed by atoms with Crippen LogP contribution in [-0.4, -0.2) is 51.2 Å². The summed E-state index contributed by atoms with van der Waals surface area (Å²) in [6, 6.07) is 4.16. The lowest BCUT2D eigenvalue weighted by Gasteiger charge is -2.34. The normalized spacial score (nSPS) is 17.8. The lowest BCUT2D eigenvalue weighted by Crippen LogP contribution is -2.46. The number of alkyl halides is 2. The number of hydrogen-bond donors (Lipinski definition) is 1. The molecular weight excluding hydrogens is 278 g/mol. The van der Waals surface area contributed by atoms with E-state index in [1.54, 1.807) is 18.2 Å². The van der Waals surface area contributed by atoms with E-state index in [0.717, 1.165) is 13.1 Å². The molecular formula is C15H22F2N2O2. The fraction of sp³-hybridized carbons (Fsp3) is 0.600. The number of rotatable bonds is 6. The number of nitrogens with zero attached hydrogens (tertiary/aromatic N) is 1. The Balaban J connectivity index is 2.27. The Bertz CT molecular complexity index is 451. The molecule has 6 heteroatoms. The molecule has 1 atom stereocenters. The van der Waals surface area contributed by atoms with Crippen molar-refractivity contribution in [2.24, 2.45) is 0 Å². The van der Waals surface area contributed by atoms with Gasteiger partial charge in [-0.3, -0.25) is 4.90 Å². The summed E-state index contributed by atoms with van der Waals surface area (Å²) in [5, 5.41) is 3.18. The van der Waals surface area contributed by atoms with Crippen molar-refractivity contribution in [3.8, 4) is 11.5 Å². The fourth-order valence-electron chi connectivity index (χ4n) is 2.62. The van der Waals surface area contributed by atoms with E-state index in [9.17, 15) is 8.78 Å². The van der Waals surface area contributed by atoms with Crippen molar-refractivity contribution < 1.29 is 18.3 Å². The average Bonchev–Trinajstić information content (AvgIpc) is 2.50. The summed E-state index contributed by atoms with van der Waals surface area (Å²) in [5.41, 5.74) is 0.562. The third-order valence-corrected chi connectivity index (χ3v) is 3.61. The van der Waals surface area contributed by atoms with Gasteiger partial charge in [0.2, 0.25) is 0 Å². The second-order valence-corrected chi connectivity index (χ2v) is 4.91. The Hall–Kier alpha value is -1.40. The SMILES string of the molecule is CCOc1ccc([C@H](C(F)F)N2CCNCC2)cc1OC. The molecule has 1 aliphatic heterocycles. The molecule has 0 spiro atoms. The van der Waals surface area contributed by atoms with E-state index in [4.69, 9.17) is 9.47 Å². The molecule has 2 rings (SSSR count). The van der Waals surface area contributed by atoms with Crippen LogP contribution in [0.3, 0.4) is 0 Å². The molecule has 0 aliphatic carbocycles. The first-order chi connectivity index (χ1) is 10.2. The van der Waals surface area contributed by atoms with Gasteiger partial charge in [0.25, 0.3) is 6.43 Å². The molecule has 1 saturated heterocycles. The number of benzene rings is 1. The highest BCUT2D eigenvalue weighted by atomic mass is 19.3. The van der Waals surface area contributed by atoms with Gasteiger partial charge < -0.3 is 14.8 Å². The smallest absolute Gasteiger partial charge is 0.258 e. The van der Waals surface area contributed by atoms with Gasteiger partial charge in [0.05, 0.1) is 19.8 Å². The van der Waals surface area contributed by atoms with Crippen molar-refractivity contribution in [3.05, 3.63) is 23.8 Å². The van der Waals surface area contributed by atoms with E-state index < -0.39 is 12.5 Å². The number of nitrogens with one attached hydrogen (secondary N) is 1. The molecule has 0 radical (unpaired) electrons. The van der Waals surface area contributed by atoms with E-state index >= 15 is 0 Å². The standard InChI is InChI=1S/C15H22F2N2O2/c1-3-21-12-5-4-11(10-13(12)20-2)14(15(16)17)19-8-6-18-7-9-19/h4-5,10,14-15,18H,3,6-9H2,1-2H3/t14-/m1/s1. The fourth-order valence-corrected chi connectivity index (χ4v) is 2.62. The summed E-state index contributed by atoms with van der Waals surface area (Å²) in [7, 11) is 1.52. The minimum Gasteiger partial charge on any atom is -0.493 e. The Labute approximate surface area is 124 Å². The lowest BCUT2D eigenvalue weighted by molar-refractivity contribution is 0.0180. The molecule has 1 aromatic carbocycles. The first kappa shape index (κ1) is 16.0. The topological polar surface area (TPSA) is 33.7 Å². The van der Waals surface area contributed by atoms with Crippen LogP contribution < -0.4 is 14.8 Å². The summed E-state index contributed by atoms with van der Waals surface area (Å²) in [4.78, 5) is 1.82. The lowest BCUT2D eigenvalue weighted by atomic mass is 10.0. The number of hydrogen-bond acceptors (Lipinski definition) is 4. The molecule has 0 unspecified atom stereocenters. The van der Waals surface area contributed by atoms with Gasteiger partial charge in [-0.1, -0.05) is 6.07 Å². The molecule has 1 fully saturated rings. The van der Waals surface area contributed by atoms with Gasteiger partial charge >= 0.3 is 0 Å². The predicted octanol–water partition coefficient (Wildman–Crippen LogP) is 2.31. The molecule has 1 aromatic rings. The number of piperazine rings is 1. The third kappa shape index (κ3) is 3.83. The van der Waals surface area contributed by atoms with E-state index in [0.29, 0.717) is 36.8 Å². The minimum absolute atomic E-state index is 0.495. The molecule has 1 heterocycles. The molecule has 0 amide bonds. The first-order valence-electron chi connectivity index (χ1n) is 7.21. The van der Waals surface area contributed by atoms with Gasteiger partial charge in [-0.05, 0) is 24.6 Å². The number of ether oxygens (including phenoxy) is 2. The molecule has 4 nitrogen and oxygen atoms in total. The van der Waals surface area contributed by atoms with Gasteiger partial charge in [-0.15, -0.1) is 0 Å². The monoisotopic (exact) mass is 300 g/mol. The Morgan fingerprint density at radius 3 is 2.52 bits per heavy atom. The number of halogens is 2. The second kappa shape index (κ2) is 7.56. The van der Waals surface area contributed by atoms with Crippen molar-refractivity contribution in [3.63, 3.8) is 0 Å². The van der Waals surface area contributed by atoms with Gasteiger partial charge in [-0.25, -0.2) is 8.78 Å². The summed E-state index contributed by atoms with van der Waals surface area (Å²) in [6.07, 6.45) is -2.44. The Kier molecular flexibility index (Phi) is 5.76. The van der Waals surface area contributed by atoms with E-state index in [1.807, 2.05) is 11.8 Å². The van der Waals surface area contributed by atoms with E-state index in [-0.39, 0.29) is 0 Å². The quantitative estimate of drug-likeness (QED) is 0.874. The van der Waals surface area contributed by atoms with Crippen molar-refractivity contribution in [2.45, 2.75) is 19.4 Å². The minimum atomic E-state index is -2.44. The van der Waals surface area contributed by atoms with Crippen molar-refractivity contribution in [1.82, 2.24) is 10.2 Å². The zero-order chi connectivity index (χ0) is 15.2. The molecule has 0 aromatic heterocycles. The third-order valence-electron chi connectivity index (χ3n) is 3.61. The largest absolute Gasteiger partial charge is 0.493 e. The van der Waals surface area contributed by atoms with Crippen LogP contribution in [0.5, 0.6) is 11.5 Å². The molecule has 0 saturated carbocycles. The van der Waals surface area contributed by atoms with Crippen LogP contribution in [0.25, 0.3) is 0 Å². The molecule has 1 N–H and O–H groups in total. The van der Waals surface area contributed by atoms with Crippen molar-refractivity contribution in [2.75, 3.05) is 39.9 Å². The van der Waals surface area contributed by atoms with Crippen LogP contribution in [-0.2, 0) is 0 Å². The van der Waals surface area contributed by atoms with Gasteiger partial charge in [0, 0.05) is 26.2 Å². The molecule has 1 aliphatic rings. The molecule has 21 heavy (non-hydrogen) atoms. The highest BCUT2D eigenvalue weighted by Crippen LogP contribution is 2.34. The summed E-state index contributed by atoms with van der Waals surface area (Å²) in [5.74, 6) is 1.08. The highest BCUT2D eigenvalue weighted by Gasteiger charge is 2.30. The van der Waals surface area contributed by atoms with Crippen LogP contribution in [0.1, 0.15) is 18.5 Å². The summed E-state index contributed by atoms with van der Waals surface area (Å²) < 4.78 is 37.7. The maximum Gasteiger partial charge on any atom is 0.258 e. The Morgan fingerprint density at radius 2 is 1.95 bits per heavy atom. The van der Waals surface area contributed by atoms with Crippen molar-refractivity contribution >= 4 is 0 Å². The van der Waals surface area contributed by atoms with Gasteiger partial charge in [-0.2, -0.15) is 0 Å². The molecule has 118 valence electrons. The highest BCUT2D eigenvalue weighted by molar-refractivity contribution is 5.44. The van der Waals surface area contributed by atoms with Crippen LogP contribution in [0.4, 0.5) is 8.78 Å². The van der Waals surface area contributed by atoms with E-state index in [1.165, 1.54) is 7.11 Å². The zero-order valence-corrected chi connectivity index (χ0v) is 12.4. The average molecular weight is 300 g/mol. The maximum atomic E-state index is 13.5. The second-order valence-electron chi connectivity index (χ2n) is 4.91. The maximum absolute atomic E-state index is 13.5. The predicted molar refractivity (Wildman–Crippen MR) is 77.4 cm³/mol. The summed E-state index contributed by atoms with van der Waals surface area (Å²) in [6.45, 7) is 5.08. The van der Waals surface area contributed by atoms with Crippen molar-refractivity contribution in [1.29, 1.82) is 0 Å². The molecule has 0 bridgehead atoms. The zero-order valence-electron chi connectivity index (χ0n) is 12.4. The number of methoxy groups -OCH3 is 1. The summed E-state index contributed by atoms with van der Waals surface area (Å²) >= 11 is 0. The van der Waals surface area contributed by atoms with E-state index in [2.05, 4.69) is 5.32 Å². The van der Waals surface area contributed by atoms with Crippen LogP contribution in [0, 0.1) is 0 Å². The van der Waals surface area contributed by atoms with Crippen LogP contribution in [0.2, 0.25) is 0 Å². The first-order valence-corrected chi connectivity index (χ1v) is 7.21. The Morgan fingerprint density at radius 1 is 1.24 bits per heavy atom. The van der Waals surface area contributed by atoms with Gasteiger partial charge in [0.15, 0.2) is 11.5 Å².